The Kier molecular flexibility index (Phi) is 13.4. The van der Waals surface area contributed by atoms with Crippen molar-refractivity contribution < 1.29 is 15.7 Å². The van der Waals surface area contributed by atoms with Gasteiger partial charge in [0.05, 0.1) is 13.2 Å². The van der Waals surface area contributed by atoms with Crippen LogP contribution in [0.15, 0.2) is 0 Å². The van der Waals surface area contributed by atoms with Gasteiger partial charge in [0.15, 0.2) is 0 Å². The smallest absolute Gasteiger partial charge is 0.0555 e. The van der Waals surface area contributed by atoms with Gasteiger partial charge in [0.1, 0.15) is 0 Å². The molecule has 0 bridgehead atoms. The summed E-state index contributed by atoms with van der Waals surface area (Å²) in [7, 11) is 0. The number of hydrogen-bond acceptors (Lipinski definition) is 3. The molecule has 0 radical (unpaired) electrons. The third-order valence-corrected chi connectivity index (χ3v) is 0.577. The Bertz CT molecular complexity index is 30.5. The molecule has 0 spiro atoms. The molecule has 0 fully saturated rings. The highest BCUT2D eigenvalue weighted by atomic mass is 16.3. The second kappa shape index (κ2) is 9.96. The van der Waals surface area contributed by atoms with Crippen LogP contribution in [0.4, 0.5) is 0 Å². The maximum Gasteiger partial charge on any atom is 0.0555 e. The van der Waals surface area contributed by atoms with Crippen LogP contribution in [0.2, 0.25) is 0 Å². The Morgan fingerprint density at radius 3 is 1.62 bits per heavy atom. The lowest BCUT2D eigenvalue weighted by molar-refractivity contribution is 0.267. The van der Waals surface area contributed by atoms with Crippen molar-refractivity contribution in [3.8, 4) is 0 Å². The molecule has 0 rings (SSSR count). The summed E-state index contributed by atoms with van der Waals surface area (Å²) in [5.74, 6) is 0. The van der Waals surface area contributed by atoms with Gasteiger partial charge in [-0.3, -0.25) is 0 Å². The lowest BCUT2D eigenvalue weighted by Crippen LogP contribution is -2.21. The van der Waals surface area contributed by atoms with Crippen molar-refractivity contribution in [3.63, 3.8) is 0 Å². The fourth-order valence-corrected chi connectivity index (χ4v) is 0.283. The van der Waals surface area contributed by atoms with E-state index < -0.39 is 0 Å². The van der Waals surface area contributed by atoms with Crippen molar-refractivity contribution in [2.45, 2.75) is 0 Å². The number of aliphatic hydroxyl groups is 2. The summed E-state index contributed by atoms with van der Waals surface area (Å²) in [6, 6.07) is 0. The summed E-state index contributed by atoms with van der Waals surface area (Å²) in [5, 5.41) is 19.1. The number of nitrogens with one attached hydrogen (secondary N) is 1. The molecule has 8 heavy (non-hydrogen) atoms. The third kappa shape index (κ3) is 9.28. The molecule has 5 N–H and O–H groups in total. The summed E-state index contributed by atoms with van der Waals surface area (Å²) in [6.45, 7) is 1.42. The molecule has 0 atom stereocenters. The van der Waals surface area contributed by atoms with Crippen LogP contribution in [-0.2, 0) is 0 Å². The van der Waals surface area contributed by atoms with Gasteiger partial charge in [-0.15, -0.1) is 0 Å². The van der Waals surface area contributed by atoms with E-state index in [4.69, 9.17) is 10.2 Å². The molecule has 52 valence electrons. The zero-order valence-electron chi connectivity index (χ0n) is 4.72. The maximum absolute atomic E-state index is 8.15. The first-order valence-corrected chi connectivity index (χ1v) is 2.34. The molecule has 4 nitrogen and oxygen atoms in total. The fraction of sp³-hybridized carbons (Fsp3) is 1.00. The van der Waals surface area contributed by atoms with E-state index in [2.05, 4.69) is 5.32 Å². The molecule has 0 saturated carbocycles. The molecule has 0 aliphatic carbocycles. The van der Waals surface area contributed by atoms with E-state index in [1.807, 2.05) is 0 Å². The highest BCUT2D eigenvalue weighted by Gasteiger charge is 1.78. The number of rotatable bonds is 4. The van der Waals surface area contributed by atoms with E-state index in [9.17, 15) is 0 Å². The Balaban J connectivity index is 0. The molecule has 0 amide bonds. The zero-order valence-corrected chi connectivity index (χ0v) is 4.72. The Morgan fingerprint density at radius 2 is 1.38 bits per heavy atom. The van der Waals surface area contributed by atoms with Gasteiger partial charge in [-0.2, -0.15) is 0 Å². The van der Waals surface area contributed by atoms with Gasteiger partial charge >= 0.3 is 0 Å². The van der Waals surface area contributed by atoms with Crippen molar-refractivity contribution in [2.75, 3.05) is 26.3 Å². The van der Waals surface area contributed by atoms with E-state index in [1.54, 1.807) is 0 Å². The minimum atomic E-state index is 0. The molecule has 0 aromatic rings. The standard InChI is InChI=1S/C4H11NO2.H2O/c6-3-1-5-2-4-7;/h5-7H,1-4H2;1H2. The van der Waals surface area contributed by atoms with Crippen molar-refractivity contribution in [3.05, 3.63) is 0 Å². The van der Waals surface area contributed by atoms with E-state index in [0.29, 0.717) is 13.1 Å². The van der Waals surface area contributed by atoms with Crippen LogP contribution in [-0.4, -0.2) is 42.0 Å². The van der Waals surface area contributed by atoms with Gasteiger partial charge in [0.25, 0.3) is 0 Å². The van der Waals surface area contributed by atoms with Crippen LogP contribution in [0.3, 0.4) is 0 Å². The van der Waals surface area contributed by atoms with E-state index in [0.717, 1.165) is 0 Å². The molecule has 0 aliphatic heterocycles. The predicted octanol–water partition coefficient (Wildman–Crippen LogP) is -2.26. The second-order valence-electron chi connectivity index (χ2n) is 1.20. The molecule has 0 heterocycles. The summed E-state index contributed by atoms with van der Waals surface area (Å²) in [5.41, 5.74) is 0. The van der Waals surface area contributed by atoms with Crippen molar-refractivity contribution in [2.24, 2.45) is 0 Å². The monoisotopic (exact) mass is 123 g/mol. The zero-order chi connectivity index (χ0) is 5.54. The normalized spacial score (nSPS) is 8.25. The predicted molar refractivity (Wildman–Crippen MR) is 30.7 cm³/mol. The number of aliphatic hydroxyl groups excluding tert-OH is 2. The van der Waals surface area contributed by atoms with E-state index >= 15 is 0 Å². The van der Waals surface area contributed by atoms with Gasteiger partial charge in [0.2, 0.25) is 0 Å². The summed E-state index contributed by atoms with van der Waals surface area (Å²) in [4.78, 5) is 0. The second-order valence-corrected chi connectivity index (χ2v) is 1.20. The largest absolute Gasteiger partial charge is 0.412 e. The highest BCUT2D eigenvalue weighted by molar-refractivity contribution is 4.39. The van der Waals surface area contributed by atoms with Crippen LogP contribution in [0.1, 0.15) is 0 Å². The summed E-state index contributed by atoms with van der Waals surface area (Å²) >= 11 is 0. The lowest BCUT2D eigenvalue weighted by atomic mass is 10.6. The van der Waals surface area contributed by atoms with Gasteiger partial charge in [-0.25, -0.2) is 0 Å². The maximum atomic E-state index is 8.15. The molecular weight excluding hydrogens is 110 g/mol. The highest BCUT2D eigenvalue weighted by Crippen LogP contribution is 1.54. The third-order valence-electron chi connectivity index (χ3n) is 0.577. The minimum absolute atomic E-state index is 0. The topological polar surface area (TPSA) is 84.0 Å². The average molecular weight is 123 g/mol. The first-order valence-electron chi connectivity index (χ1n) is 2.34. The first kappa shape index (κ1) is 10.8. The van der Waals surface area contributed by atoms with Crippen LogP contribution < -0.4 is 5.32 Å². The Hall–Kier alpha value is -0.160. The first-order chi connectivity index (χ1) is 3.41. The molecular formula is C4H13NO3. The van der Waals surface area contributed by atoms with Gasteiger partial charge in [0, 0.05) is 13.1 Å². The molecule has 0 aromatic carbocycles. The summed E-state index contributed by atoms with van der Waals surface area (Å²) < 4.78 is 0. The Labute approximate surface area is 48.5 Å². The fourth-order valence-electron chi connectivity index (χ4n) is 0.283. The summed E-state index contributed by atoms with van der Waals surface area (Å²) in [6.07, 6.45) is 0. The van der Waals surface area contributed by atoms with Crippen LogP contribution >= 0.6 is 0 Å². The molecule has 0 unspecified atom stereocenters. The van der Waals surface area contributed by atoms with Crippen LogP contribution in [0, 0.1) is 0 Å². The van der Waals surface area contributed by atoms with Crippen LogP contribution in [0.5, 0.6) is 0 Å². The van der Waals surface area contributed by atoms with E-state index in [-0.39, 0.29) is 18.7 Å². The van der Waals surface area contributed by atoms with Crippen molar-refractivity contribution >= 4 is 0 Å². The van der Waals surface area contributed by atoms with Gasteiger partial charge < -0.3 is 21.0 Å². The molecule has 0 saturated heterocycles. The lowest BCUT2D eigenvalue weighted by Gasteiger charge is -1.94. The average Bonchev–Trinajstić information content (AvgIpc) is 1.69. The van der Waals surface area contributed by atoms with Crippen LogP contribution in [0.25, 0.3) is 0 Å². The minimum Gasteiger partial charge on any atom is -0.412 e. The van der Waals surface area contributed by atoms with Crippen molar-refractivity contribution in [1.29, 1.82) is 0 Å². The SMILES string of the molecule is O.OCCNCCO. The Morgan fingerprint density at radius 1 is 1.00 bits per heavy atom. The van der Waals surface area contributed by atoms with Crippen molar-refractivity contribution in [1.82, 2.24) is 5.32 Å². The quantitative estimate of drug-likeness (QED) is 0.369. The number of hydrogen-bond donors (Lipinski definition) is 3. The molecule has 0 aliphatic rings. The molecule has 0 aromatic heterocycles. The van der Waals surface area contributed by atoms with E-state index in [1.165, 1.54) is 0 Å². The van der Waals surface area contributed by atoms with Gasteiger partial charge in [-0.1, -0.05) is 0 Å². The van der Waals surface area contributed by atoms with Gasteiger partial charge in [-0.05, 0) is 0 Å². The molecule has 4 heteroatoms.